The van der Waals surface area contributed by atoms with E-state index < -0.39 is 0 Å². The second kappa shape index (κ2) is 12.3. The molecule has 36 heavy (non-hydrogen) atoms. The van der Waals surface area contributed by atoms with Crippen LogP contribution in [0.4, 0.5) is 10.5 Å². The molecule has 3 aromatic rings. The second-order valence-electron chi connectivity index (χ2n) is 8.67. The van der Waals surface area contributed by atoms with Crippen molar-refractivity contribution < 1.29 is 23.7 Å². The molecule has 0 bridgehead atoms. The highest BCUT2D eigenvalue weighted by Crippen LogP contribution is 2.37. The summed E-state index contributed by atoms with van der Waals surface area (Å²) in [5.41, 5.74) is 1.17. The lowest BCUT2D eigenvalue weighted by molar-refractivity contribution is 0.176. The number of methoxy groups -OCH3 is 3. The highest BCUT2D eigenvalue weighted by Gasteiger charge is 2.16. The first kappa shape index (κ1) is 26.8. The molecule has 10 nitrogen and oxygen atoms in total. The standard InChI is InChI=1S/C26H35N5O5/c1-16(2)31(17(3)4)11-10-27-26(32)30-20-9-8-18(12-22(20)33-5)36-25-19-13-23(34-6)24(35-7)14-21(19)28-15-29-25/h8-9,12-17H,10-11H2,1-7H3,(H2,27,30,32). The third-order valence-electron chi connectivity index (χ3n) is 5.72. The normalized spacial score (nSPS) is 11.2. The first-order valence-electron chi connectivity index (χ1n) is 11.8. The molecule has 1 aromatic heterocycles. The minimum absolute atomic E-state index is 0.308. The SMILES string of the molecule is COc1cc(Oc2ncnc3cc(OC)c(OC)cc23)ccc1NC(=O)NCCN(C(C)C)C(C)C. The van der Waals surface area contributed by atoms with Gasteiger partial charge in [-0.15, -0.1) is 0 Å². The van der Waals surface area contributed by atoms with Crippen LogP contribution in [-0.2, 0) is 0 Å². The number of benzene rings is 2. The number of rotatable bonds is 11. The summed E-state index contributed by atoms with van der Waals surface area (Å²) in [5.74, 6) is 2.38. The highest BCUT2D eigenvalue weighted by atomic mass is 16.5. The number of ether oxygens (including phenoxy) is 4. The Labute approximate surface area is 211 Å². The lowest BCUT2D eigenvalue weighted by Gasteiger charge is -2.30. The maximum Gasteiger partial charge on any atom is 0.319 e. The molecular weight excluding hydrogens is 462 g/mol. The number of aromatic nitrogens is 2. The van der Waals surface area contributed by atoms with Crippen molar-refractivity contribution in [1.29, 1.82) is 0 Å². The molecule has 0 aliphatic heterocycles. The van der Waals surface area contributed by atoms with Crippen molar-refractivity contribution in [1.82, 2.24) is 20.2 Å². The molecule has 10 heteroatoms. The van der Waals surface area contributed by atoms with Crippen LogP contribution in [0.5, 0.6) is 28.9 Å². The number of anilines is 1. The lowest BCUT2D eigenvalue weighted by Crippen LogP contribution is -2.43. The van der Waals surface area contributed by atoms with E-state index in [0.29, 0.717) is 64.1 Å². The van der Waals surface area contributed by atoms with E-state index in [1.165, 1.54) is 13.4 Å². The maximum absolute atomic E-state index is 12.5. The Morgan fingerprint density at radius 3 is 2.22 bits per heavy atom. The van der Waals surface area contributed by atoms with Gasteiger partial charge in [0.2, 0.25) is 5.88 Å². The van der Waals surface area contributed by atoms with E-state index in [4.69, 9.17) is 18.9 Å². The van der Waals surface area contributed by atoms with Gasteiger partial charge < -0.3 is 29.6 Å². The summed E-state index contributed by atoms with van der Waals surface area (Å²) in [6.45, 7) is 9.87. The first-order valence-corrected chi connectivity index (χ1v) is 11.8. The smallest absolute Gasteiger partial charge is 0.319 e. The molecule has 0 saturated carbocycles. The fraction of sp³-hybridized carbons (Fsp3) is 0.423. The summed E-state index contributed by atoms with van der Waals surface area (Å²) in [5, 5.41) is 6.40. The molecule has 2 amide bonds. The van der Waals surface area contributed by atoms with Crippen LogP contribution in [-0.4, -0.2) is 67.4 Å². The molecule has 2 N–H and O–H groups in total. The molecule has 3 rings (SSSR count). The number of carbonyl (C=O) groups excluding carboxylic acids is 1. The highest BCUT2D eigenvalue weighted by molar-refractivity contribution is 5.91. The Bertz CT molecular complexity index is 1180. The summed E-state index contributed by atoms with van der Waals surface area (Å²) in [6.07, 6.45) is 1.42. The number of hydrogen-bond acceptors (Lipinski definition) is 8. The van der Waals surface area contributed by atoms with Crippen molar-refractivity contribution in [2.45, 2.75) is 39.8 Å². The van der Waals surface area contributed by atoms with Gasteiger partial charge in [-0.25, -0.2) is 14.8 Å². The molecule has 0 unspecified atom stereocenters. The molecule has 1 heterocycles. The molecule has 0 spiro atoms. The minimum atomic E-state index is -0.308. The van der Waals surface area contributed by atoms with Crippen molar-refractivity contribution in [2.75, 3.05) is 39.7 Å². The van der Waals surface area contributed by atoms with Crippen molar-refractivity contribution >= 4 is 22.6 Å². The number of amides is 2. The Kier molecular flexibility index (Phi) is 9.13. The van der Waals surface area contributed by atoms with Gasteiger partial charge in [-0.2, -0.15) is 0 Å². The summed E-state index contributed by atoms with van der Waals surface area (Å²) < 4.78 is 22.3. The monoisotopic (exact) mass is 497 g/mol. The van der Waals surface area contributed by atoms with Gasteiger partial charge in [-0.1, -0.05) is 0 Å². The van der Waals surface area contributed by atoms with Crippen molar-refractivity contribution in [3.05, 3.63) is 36.7 Å². The molecule has 0 radical (unpaired) electrons. The molecular formula is C26H35N5O5. The molecule has 0 fully saturated rings. The van der Waals surface area contributed by atoms with Crippen LogP contribution in [0.15, 0.2) is 36.7 Å². The fourth-order valence-electron chi connectivity index (χ4n) is 3.97. The molecule has 2 aromatic carbocycles. The van der Waals surface area contributed by atoms with Crippen LogP contribution >= 0.6 is 0 Å². The third-order valence-corrected chi connectivity index (χ3v) is 5.72. The maximum atomic E-state index is 12.5. The Morgan fingerprint density at radius 2 is 1.58 bits per heavy atom. The average molecular weight is 498 g/mol. The van der Waals surface area contributed by atoms with Gasteiger partial charge in [-0.05, 0) is 45.9 Å². The van der Waals surface area contributed by atoms with Crippen LogP contribution < -0.4 is 29.6 Å². The Hall–Kier alpha value is -3.79. The minimum Gasteiger partial charge on any atom is -0.494 e. The zero-order chi connectivity index (χ0) is 26.2. The third kappa shape index (κ3) is 6.45. The lowest BCUT2D eigenvalue weighted by atomic mass is 10.2. The largest absolute Gasteiger partial charge is 0.494 e. The fourth-order valence-corrected chi connectivity index (χ4v) is 3.97. The van der Waals surface area contributed by atoms with E-state index >= 15 is 0 Å². The van der Waals surface area contributed by atoms with Crippen LogP contribution in [0.3, 0.4) is 0 Å². The first-order chi connectivity index (χ1) is 17.3. The molecule has 0 saturated heterocycles. The zero-order valence-corrected chi connectivity index (χ0v) is 21.9. The van der Waals surface area contributed by atoms with Gasteiger partial charge in [-0.3, -0.25) is 4.90 Å². The quantitative estimate of drug-likeness (QED) is 0.393. The Balaban J connectivity index is 1.72. The van der Waals surface area contributed by atoms with Crippen LogP contribution in [0, 0.1) is 0 Å². The molecule has 0 atom stereocenters. The van der Waals surface area contributed by atoms with Crippen molar-refractivity contribution in [3.63, 3.8) is 0 Å². The van der Waals surface area contributed by atoms with E-state index in [9.17, 15) is 4.79 Å². The van der Waals surface area contributed by atoms with Gasteiger partial charge in [0, 0.05) is 37.3 Å². The topological polar surface area (TPSA) is 107 Å². The van der Waals surface area contributed by atoms with E-state index in [2.05, 4.69) is 53.2 Å². The van der Waals surface area contributed by atoms with Gasteiger partial charge >= 0.3 is 6.03 Å². The summed E-state index contributed by atoms with van der Waals surface area (Å²) in [7, 11) is 4.66. The van der Waals surface area contributed by atoms with Crippen molar-refractivity contribution in [2.24, 2.45) is 0 Å². The van der Waals surface area contributed by atoms with E-state index in [0.717, 1.165) is 6.54 Å². The summed E-state index contributed by atoms with van der Waals surface area (Å²) >= 11 is 0. The summed E-state index contributed by atoms with van der Waals surface area (Å²) in [6, 6.07) is 9.15. The zero-order valence-electron chi connectivity index (χ0n) is 21.9. The second-order valence-corrected chi connectivity index (χ2v) is 8.67. The van der Waals surface area contributed by atoms with Crippen LogP contribution in [0.25, 0.3) is 10.9 Å². The average Bonchev–Trinajstić information content (AvgIpc) is 2.86. The number of carbonyl (C=O) groups is 1. The number of nitrogens with zero attached hydrogens (tertiary/aromatic N) is 3. The number of fused-ring (bicyclic) bond motifs is 1. The number of nitrogens with one attached hydrogen (secondary N) is 2. The molecule has 0 aliphatic carbocycles. The predicted octanol–water partition coefficient (Wildman–Crippen LogP) is 4.69. The summed E-state index contributed by atoms with van der Waals surface area (Å²) in [4.78, 5) is 23.4. The predicted molar refractivity (Wildman–Crippen MR) is 140 cm³/mol. The Morgan fingerprint density at radius 1 is 0.917 bits per heavy atom. The van der Waals surface area contributed by atoms with Gasteiger partial charge in [0.15, 0.2) is 11.5 Å². The van der Waals surface area contributed by atoms with E-state index in [1.807, 2.05) is 0 Å². The number of urea groups is 1. The van der Waals surface area contributed by atoms with Crippen molar-refractivity contribution in [3.8, 4) is 28.9 Å². The van der Waals surface area contributed by atoms with Crippen LogP contribution in [0.1, 0.15) is 27.7 Å². The van der Waals surface area contributed by atoms with Crippen LogP contribution in [0.2, 0.25) is 0 Å². The molecule has 194 valence electrons. The van der Waals surface area contributed by atoms with Gasteiger partial charge in [0.05, 0.1) is 37.9 Å². The van der Waals surface area contributed by atoms with Gasteiger partial charge in [0.25, 0.3) is 0 Å². The van der Waals surface area contributed by atoms with E-state index in [1.54, 1.807) is 44.6 Å². The number of hydrogen-bond donors (Lipinski definition) is 2. The van der Waals surface area contributed by atoms with E-state index in [-0.39, 0.29) is 6.03 Å². The molecule has 0 aliphatic rings. The van der Waals surface area contributed by atoms with Gasteiger partial charge in [0.1, 0.15) is 17.8 Å².